The Morgan fingerprint density at radius 3 is 2.76 bits per heavy atom. The third kappa shape index (κ3) is 4.14. The minimum Gasteiger partial charge on any atom is -0.354 e. The van der Waals surface area contributed by atoms with Crippen LogP contribution in [0.1, 0.15) is 16.8 Å². The SMILES string of the molecule is CN(C(=O)c1cncc(Nc2cccc(F)c2)c1)C1CCS(=O)(=O)C1. The normalized spacial score (nSPS) is 18.7. The van der Waals surface area contributed by atoms with Crippen molar-refractivity contribution in [1.29, 1.82) is 0 Å². The Morgan fingerprint density at radius 1 is 1.28 bits per heavy atom. The molecular weight excluding hydrogens is 345 g/mol. The number of nitrogens with zero attached hydrogens (tertiary/aromatic N) is 2. The van der Waals surface area contributed by atoms with E-state index in [0.717, 1.165) is 0 Å². The number of sulfone groups is 1. The zero-order valence-electron chi connectivity index (χ0n) is 13.6. The number of rotatable bonds is 4. The van der Waals surface area contributed by atoms with E-state index in [0.29, 0.717) is 23.4 Å². The molecule has 2 aromatic rings. The second-order valence-corrected chi connectivity index (χ2v) is 8.30. The molecule has 1 atom stereocenters. The van der Waals surface area contributed by atoms with Gasteiger partial charge in [0.2, 0.25) is 0 Å². The first kappa shape index (κ1) is 17.3. The molecule has 1 saturated heterocycles. The van der Waals surface area contributed by atoms with E-state index in [9.17, 15) is 17.6 Å². The summed E-state index contributed by atoms with van der Waals surface area (Å²) in [6, 6.07) is 7.25. The molecule has 1 aromatic heterocycles. The lowest BCUT2D eigenvalue weighted by atomic mass is 10.2. The molecule has 0 saturated carbocycles. The van der Waals surface area contributed by atoms with Crippen LogP contribution in [0.25, 0.3) is 0 Å². The molecule has 1 aliphatic rings. The number of benzene rings is 1. The number of halogens is 1. The maximum atomic E-state index is 13.3. The smallest absolute Gasteiger partial charge is 0.255 e. The van der Waals surface area contributed by atoms with Crippen molar-refractivity contribution in [3.05, 3.63) is 54.1 Å². The Bertz CT molecular complexity index is 902. The molecule has 1 N–H and O–H groups in total. The second-order valence-electron chi connectivity index (χ2n) is 6.07. The van der Waals surface area contributed by atoms with Crippen molar-refractivity contribution < 1.29 is 17.6 Å². The Morgan fingerprint density at radius 2 is 2.08 bits per heavy atom. The summed E-state index contributed by atoms with van der Waals surface area (Å²) < 4.78 is 36.5. The molecule has 1 unspecified atom stereocenters. The Kier molecular flexibility index (Phi) is 4.71. The van der Waals surface area contributed by atoms with Gasteiger partial charge in [-0.3, -0.25) is 9.78 Å². The van der Waals surface area contributed by atoms with Crippen LogP contribution in [0, 0.1) is 5.82 Å². The van der Waals surface area contributed by atoms with E-state index in [1.807, 2.05) is 0 Å². The van der Waals surface area contributed by atoms with Gasteiger partial charge in [-0.1, -0.05) is 6.07 Å². The number of hydrogen-bond donors (Lipinski definition) is 1. The molecule has 1 fully saturated rings. The molecular formula is C17H18FN3O3S. The van der Waals surface area contributed by atoms with Gasteiger partial charge in [0.15, 0.2) is 9.84 Å². The molecule has 0 aliphatic carbocycles. The van der Waals surface area contributed by atoms with Gasteiger partial charge in [0.1, 0.15) is 5.82 Å². The summed E-state index contributed by atoms with van der Waals surface area (Å²) in [7, 11) is -1.47. The third-order valence-electron chi connectivity index (χ3n) is 4.17. The molecule has 25 heavy (non-hydrogen) atoms. The van der Waals surface area contributed by atoms with Crippen LogP contribution in [0.15, 0.2) is 42.7 Å². The van der Waals surface area contributed by atoms with Crippen molar-refractivity contribution in [2.75, 3.05) is 23.9 Å². The molecule has 1 amide bonds. The number of carbonyl (C=O) groups is 1. The summed E-state index contributed by atoms with van der Waals surface area (Å²) in [5.41, 5.74) is 1.43. The molecule has 8 heteroatoms. The summed E-state index contributed by atoms with van der Waals surface area (Å²) in [5.74, 6) is -0.566. The fourth-order valence-electron chi connectivity index (χ4n) is 2.81. The van der Waals surface area contributed by atoms with Gasteiger partial charge in [0.05, 0.1) is 29.0 Å². The van der Waals surface area contributed by atoms with Crippen molar-refractivity contribution >= 4 is 27.1 Å². The second kappa shape index (κ2) is 6.79. The van der Waals surface area contributed by atoms with Crippen LogP contribution in [0.4, 0.5) is 15.8 Å². The lowest BCUT2D eigenvalue weighted by molar-refractivity contribution is 0.0747. The number of hydrogen-bond acceptors (Lipinski definition) is 5. The van der Waals surface area contributed by atoms with Crippen molar-refractivity contribution in [3.63, 3.8) is 0 Å². The van der Waals surface area contributed by atoms with Crippen molar-refractivity contribution in [3.8, 4) is 0 Å². The van der Waals surface area contributed by atoms with Crippen molar-refractivity contribution in [1.82, 2.24) is 9.88 Å². The molecule has 0 spiro atoms. The zero-order valence-corrected chi connectivity index (χ0v) is 14.5. The fraction of sp³-hybridized carbons (Fsp3) is 0.294. The average Bonchev–Trinajstić information content (AvgIpc) is 2.94. The van der Waals surface area contributed by atoms with Gasteiger partial charge in [-0.25, -0.2) is 12.8 Å². The number of nitrogens with one attached hydrogen (secondary N) is 1. The maximum Gasteiger partial charge on any atom is 0.255 e. The van der Waals surface area contributed by atoms with Crippen LogP contribution in [0.2, 0.25) is 0 Å². The molecule has 6 nitrogen and oxygen atoms in total. The molecule has 132 valence electrons. The van der Waals surface area contributed by atoms with Gasteiger partial charge in [-0.05, 0) is 30.7 Å². The highest BCUT2D eigenvalue weighted by atomic mass is 32.2. The van der Waals surface area contributed by atoms with Gasteiger partial charge >= 0.3 is 0 Å². The highest BCUT2D eigenvalue weighted by Crippen LogP contribution is 2.21. The van der Waals surface area contributed by atoms with Crippen LogP contribution in [0.3, 0.4) is 0 Å². The van der Waals surface area contributed by atoms with Crippen molar-refractivity contribution in [2.45, 2.75) is 12.5 Å². The Balaban J connectivity index is 1.75. The number of aromatic nitrogens is 1. The topological polar surface area (TPSA) is 79.4 Å². The van der Waals surface area contributed by atoms with Crippen LogP contribution in [-0.4, -0.2) is 48.8 Å². The summed E-state index contributed by atoms with van der Waals surface area (Å²) in [4.78, 5) is 18.1. The highest BCUT2D eigenvalue weighted by molar-refractivity contribution is 7.91. The van der Waals surface area contributed by atoms with E-state index in [-0.39, 0.29) is 29.3 Å². The van der Waals surface area contributed by atoms with E-state index in [1.54, 1.807) is 25.2 Å². The Labute approximate surface area is 145 Å². The van der Waals surface area contributed by atoms with E-state index in [4.69, 9.17) is 0 Å². The summed E-state index contributed by atoms with van der Waals surface area (Å²) >= 11 is 0. The number of pyridine rings is 1. The molecule has 0 radical (unpaired) electrons. The minimum absolute atomic E-state index is 0.0100. The number of amides is 1. The van der Waals surface area contributed by atoms with Gasteiger partial charge in [0.25, 0.3) is 5.91 Å². The van der Waals surface area contributed by atoms with Gasteiger partial charge in [-0.2, -0.15) is 0 Å². The minimum atomic E-state index is -3.07. The van der Waals surface area contributed by atoms with Crippen molar-refractivity contribution in [2.24, 2.45) is 0 Å². The lowest BCUT2D eigenvalue weighted by Gasteiger charge is -2.23. The van der Waals surface area contributed by atoms with E-state index in [1.165, 1.54) is 29.4 Å². The summed E-state index contributed by atoms with van der Waals surface area (Å²) in [6.07, 6.45) is 3.40. The number of anilines is 2. The largest absolute Gasteiger partial charge is 0.354 e. The standard InChI is InChI=1S/C17H18FN3O3S/c1-21(16-5-6-25(23,24)11-16)17(22)12-7-15(10-19-9-12)20-14-4-2-3-13(18)8-14/h2-4,7-10,16,20H,5-6,11H2,1H3. The van der Waals surface area contributed by atoms with Gasteiger partial charge < -0.3 is 10.2 Å². The molecule has 3 rings (SSSR count). The predicted molar refractivity (Wildman–Crippen MR) is 93.1 cm³/mol. The van der Waals surface area contributed by atoms with E-state index in [2.05, 4.69) is 10.3 Å². The number of carbonyl (C=O) groups excluding carboxylic acids is 1. The van der Waals surface area contributed by atoms with Gasteiger partial charge in [-0.15, -0.1) is 0 Å². The molecule has 2 heterocycles. The van der Waals surface area contributed by atoms with Crippen LogP contribution in [-0.2, 0) is 9.84 Å². The molecule has 0 bridgehead atoms. The highest BCUT2D eigenvalue weighted by Gasteiger charge is 2.33. The van der Waals surface area contributed by atoms with E-state index >= 15 is 0 Å². The quantitative estimate of drug-likeness (QED) is 0.901. The average molecular weight is 363 g/mol. The van der Waals surface area contributed by atoms with Gasteiger partial charge in [0, 0.05) is 25.0 Å². The lowest BCUT2D eigenvalue weighted by Crippen LogP contribution is -2.37. The summed E-state index contributed by atoms with van der Waals surface area (Å²) in [5, 5.41) is 2.99. The fourth-order valence-corrected chi connectivity index (χ4v) is 4.58. The van der Waals surface area contributed by atoms with Crippen LogP contribution in [0.5, 0.6) is 0 Å². The van der Waals surface area contributed by atoms with Crippen LogP contribution < -0.4 is 5.32 Å². The molecule has 1 aliphatic heterocycles. The summed E-state index contributed by atoms with van der Waals surface area (Å²) in [6.45, 7) is 0. The van der Waals surface area contributed by atoms with Crippen LogP contribution >= 0.6 is 0 Å². The first-order valence-corrected chi connectivity index (χ1v) is 9.61. The van der Waals surface area contributed by atoms with E-state index < -0.39 is 9.84 Å². The third-order valence-corrected chi connectivity index (χ3v) is 5.93. The predicted octanol–water partition coefficient (Wildman–Crippen LogP) is 2.22. The Hall–Kier alpha value is -2.48. The molecule has 1 aromatic carbocycles. The maximum absolute atomic E-state index is 13.3. The first-order chi connectivity index (χ1) is 11.8. The first-order valence-electron chi connectivity index (χ1n) is 7.79. The monoisotopic (exact) mass is 363 g/mol. The zero-order chi connectivity index (χ0) is 18.0.